The smallest absolute Gasteiger partial charge is 0.748 e. The van der Waals surface area contributed by atoms with Crippen LogP contribution >= 0.6 is 11.8 Å². The van der Waals surface area contributed by atoms with Gasteiger partial charge in [-0.3, -0.25) is 0 Å². The summed E-state index contributed by atoms with van der Waals surface area (Å²) in [6, 6.07) is 6.30. The van der Waals surface area contributed by atoms with Crippen molar-refractivity contribution in [1.29, 1.82) is 0 Å². The molecule has 3 aromatic rings. The number of anilines is 6. The van der Waals surface area contributed by atoms with Crippen molar-refractivity contribution in [3.05, 3.63) is 36.4 Å². The van der Waals surface area contributed by atoms with E-state index in [1.54, 1.807) is 6.07 Å². The van der Waals surface area contributed by atoms with E-state index in [4.69, 9.17) is 5.73 Å². The van der Waals surface area contributed by atoms with Crippen LogP contribution in [0.2, 0.25) is 0 Å². The number of rotatable bonds is 15. The van der Waals surface area contributed by atoms with Crippen LogP contribution in [0, 0.1) is 0 Å². The van der Waals surface area contributed by atoms with Crippen LogP contribution in [0.5, 0.6) is 0 Å². The average molecular weight is 804 g/mol. The fourth-order valence-corrected chi connectivity index (χ4v) is 6.30. The first-order valence-electron chi connectivity index (χ1n) is 11.7. The van der Waals surface area contributed by atoms with Crippen molar-refractivity contribution in [2.24, 2.45) is 0 Å². The van der Waals surface area contributed by atoms with Gasteiger partial charge in [0.2, 0.25) is 17.8 Å². The quantitative estimate of drug-likeness (QED) is 0.0364. The first kappa shape index (κ1) is 50.7. The Labute approximate surface area is 369 Å². The van der Waals surface area contributed by atoms with Crippen LogP contribution < -0.4 is 140 Å². The summed E-state index contributed by atoms with van der Waals surface area (Å²) in [7, 11) is -19.3. The third-order valence-corrected chi connectivity index (χ3v) is 9.48. The number of aromatic nitrogens is 3. The molecule has 0 amide bonds. The molecule has 0 atom stereocenters. The van der Waals surface area contributed by atoms with E-state index in [1.807, 2.05) is 0 Å². The number of nitrogens with two attached hydrogens (primary N) is 1. The van der Waals surface area contributed by atoms with E-state index >= 15 is 0 Å². The number of thioether (sulfide) groups is 1. The third kappa shape index (κ3) is 17.9. The molecule has 0 unspecified atom stereocenters. The minimum Gasteiger partial charge on any atom is -0.748 e. The summed E-state index contributed by atoms with van der Waals surface area (Å²) in [5.41, 5.74) is 5.88. The summed E-state index contributed by atoms with van der Waals surface area (Å²) in [5.74, 6) is -2.29. The van der Waals surface area contributed by atoms with E-state index in [0.717, 1.165) is 0 Å². The molecule has 0 aliphatic carbocycles. The molecule has 0 fully saturated rings. The van der Waals surface area contributed by atoms with Crippen LogP contribution in [-0.2, 0) is 40.5 Å². The Morgan fingerprint density at radius 1 is 0.688 bits per heavy atom. The summed E-state index contributed by atoms with van der Waals surface area (Å²) in [5, 5.41) is 7.54. The largest absolute Gasteiger partial charge is 1.00 e. The molecular weight excluding hydrogens is 783 g/mol. The van der Waals surface area contributed by atoms with Crippen molar-refractivity contribution in [2.45, 2.75) is 21.1 Å². The van der Waals surface area contributed by atoms with Gasteiger partial charge < -0.3 is 39.9 Å². The van der Waals surface area contributed by atoms with E-state index in [0.29, 0.717) is 23.1 Å². The number of nitrogen functional groups attached to an aromatic ring is 1. The van der Waals surface area contributed by atoms with Gasteiger partial charge in [-0.15, -0.1) is 11.8 Å². The molecule has 0 aliphatic rings. The predicted octanol–water partition coefficient (Wildman–Crippen LogP) is -12.3. The molecule has 3 rings (SSSR count). The fraction of sp³-hybridized carbons (Fsp3) is 0.250. The number of nitrogens with zero attached hydrogens (tertiary/aromatic N) is 3. The van der Waals surface area contributed by atoms with E-state index in [9.17, 15) is 51.9 Å². The minimum absolute atomic E-state index is 0. The van der Waals surface area contributed by atoms with Crippen molar-refractivity contribution in [1.82, 2.24) is 15.0 Å². The second kappa shape index (κ2) is 21.4. The standard InChI is InChI=1S/C20H25N7O12S5.4Na/c21-14-10-12(2-4-16(14)40-7-1-8-41(28,29)30)23-19-25-18(22-6-9-42(31,32)33)26-20(27-19)24-15-11-13(43(34,35)36)3-5-17(15)44(37,38)39;;;;/h2-5,10-11H,1,6-9,21H2,(H,28,29,30)(H,31,32,33)(H,34,35,36)(H,37,38,39)(H3,22,23,24,25,26,27);;;;/q;4*+1/p-4. The molecule has 0 aliphatic heterocycles. The van der Waals surface area contributed by atoms with Gasteiger partial charge in [0.25, 0.3) is 0 Å². The molecule has 0 saturated carbocycles. The molecule has 1 aromatic heterocycles. The van der Waals surface area contributed by atoms with Crippen LogP contribution in [0.25, 0.3) is 0 Å². The second-order valence-electron chi connectivity index (χ2n) is 8.53. The molecule has 5 N–H and O–H groups in total. The molecule has 48 heavy (non-hydrogen) atoms. The first-order chi connectivity index (χ1) is 20.2. The molecule has 0 spiro atoms. The summed E-state index contributed by atoms with van der Waals surface area (Å²) >= 11 is 1.19. The van der Waals surface area contributed by atoms with Crippen molar-refractivity contribution >= 4 is 87.1 Å². The molecule has 0 saturated heterocycles. The van der Waals surface area contributed by atoms with Crippen LogP contribution in [0.3, 0.4) is 0 Å². The number of hydrogen-bond donors (Lipinski definition) is 4. The minimum atomic E-state index is -5.21. The maximum atomic E-state index is 11.8. The van der Waals surface area contributed by atoms with Crippen LogP contribution in [0.15, 0.2) is 51.1 Å². The zero-order valence-corrected chi connectivity index (χ0v) is 37.9. The Morgan fingerprint density at radius 2 is 1.25 bits per heavy atom. The van der Waals surface area contributed by atoms with E-state index < -0.39 is 79.9 Å². The number of nitrogens with one attached hydrogen (secondary N) is 3. The summed E-state index contributed by atoms with van der Waals surface area (Å²) in [6.07, 6.45) is 0.0962. The fourth-order valence-electron chi connectivity index (χ4n) is 3.26. The Kier molecular flexibility index (Phi) is 22.6. The molecule has 0 radical (unpaired) electrons. The Balaban J connectivity index is 0. The molecule has 0 bridgehead atoms. The molecule has 1 heterocycles. The number of benzene rings is 2. The molecule has 28 heteroatoms. The van der Waals surface area contributed by atoms with Crippen molar-refractivity contribution in [2.75, 3.05) is 45.5 Å². The van der Waals surface area contributed by atoms with Gasteiger partial charge in [0.05, 0.1) is 41.5 Å². The third-order valence-electron chi connectivity index (χ3n) is 5.09. The average Bonchev–Trinajstić information content (AvgIpc) is 2.85. The normalized spacial score (nSPS) is 11.5. The monoisotopic (exact) mass is 803 g/mol. The molecular formula is C20H21N7Na4O12S5. The van der Waals surface area contributed by atoms with Crippen LogP contribution in [0.1, 0.15) is 6.42 Å². The Hall–Kier alpha value is 0.640. The Bertz CT molecular complexity index is 1990. The topological polar surface area (TPSA) is 330 Å². The summed E-state index contributed by atoms with van der Waals surface area (Å²) < 4.78 is 135. The van der Waals surface area contributed by atoms with Crippen molar-refractivity contribution < 1.29 is 170 Å². The van der Waals surface area contributed by atoms with Gasteiger partial charge >= 0.3 is 118 Å². The van der Waals surface area contributed by atoms with Crippen molar-refractivity contribution in [3.8, 4) is 0 Å². The van der Waals surface area contributed by atoms with Gasteiger partial charge in [0.1, 0.15) is 20.2 Å². The maximum Gasteiger partial charge on any atom is 1.00 e. The molecule has 19 nitrogen and oxygen atoms in total. The summed E-state index contributed by atoms with van der Waals surface area (Å²) in [4.78, 5) is 10.6. The van der Waals surface area contributed by atoms with Crippen LogP contribution in [-0.4, -0.2) is 90.6 Å². The first-order valence-corrected chi connectivity index (χ1v) is 18.6. The zero-order chi connectivity index (χ0) is 32.9. The molecule has 242 valence electrons. The van der Waals surface area contributed by atoms with Gasteiger partial charge in [-0.1, -0.05) is 0 Å². The number of hydrogen-bond acceptors (Lipinski definition) is 20. The SMILES string of the molecule is Nc1cc(Nc2nc(NCCS(=O)(=O)[O-])nc(Nc3cc(S(=O)(=O)[O-])ccc3S(=O)(=O)[O-])n2)ccc1SCCCS(=O)(=O)[O-].[Na+].[Na+].[Na+].[Na+]. The second-order valence-corrected chi connectivity index (χ2v) is 15.4. The van der Waals surface area contributed by atoms with Gasteiger partial charge in [-0.05, 0) is 48.6 Å². The van der Waals surface area contributed by atoms with Gasteiger partial charge in [0, 0.05) is 28.6 Å². The Morgan fingerprint density at radius 3 is 1.77 bits per heavy atom. The van der Waals surface area contributed by atoms with E-state index in [-0.39, 0.29) is 154 Å². The maximum absolute atomic E-state index is 11.8. The van der Waals surface area contributed by atoms with Gasteiger partial charge in [0.15, 0.2) is 0 Å². The molecule has 2 aromatic carbocycles. The van der Waals surface area contributed by atoms with E-state index in [2.05, 4.69) is 30.9 Å². The predicted molar refractivity (Wildman–Crippen MR) is 153 cm³/mol. The van der Waals surface area contributed by atoms with E-state index in [1.165, 1.54) is 23.9 Å². The van der Waals surface area contributed by atoms with Gasteiger partial charge in [-0.25, -0.2) is 33.7 Å². The van der Waals surface area contributed by atoms with Gasteiger partial charge in [-0.2, -0.15) is 15.0 Å². The summed E-state index contributed by atoms with van der Waals surface area (Å²) in [6.45, 7) is -0.467. The van der Waals surface area contributed by atoms with Crippen LogP contribution in [0.4, 0.5) is 34.9 Å². The van der Waals surface area contributed by atoms with Crippen molar-refractivity contribution in [3.63, 3.8) is 0 Å². The zero-order valence-electron chi connectivity index (χ0n) is 25.9.